The van der Waals surface area contributed by atoms with Crippen molar-refractivity contribution in [3.8, 4) is 0 Å². The molecule has 6 nitrogen and oxygen atoms in total. The molecule has 2 atom stereocenters. The van der Waals surface area contributed by atoms with Gasteiger partial charge in [-0.05, 0) is 25.0 Å². The largest absolute Gasteiger partial charge is 0.386 e. The average Bonchev–Trinajstić information content (AvgIpc) is 3.27. The first-order valence-electron chi connectivity index (χ1n) is 9.02. The van der Waals surface area contributed by atoms with Crippen LogP contribution in [0, 0.1) is 5.82 Å². The monoisotopic (exact) mass is 487 g/mol. The second-order valence-electron chi connectivity index (χ2n) is 6.61. The number of aliphatic hydroxyl groups excluding tert-OH is 1. The fraction of sp³-hybridized carbons (Fsp3) is 0.474. The molecule has 8 heteroatoms. The molecule has 0 radical (unpaired) electrons. The summed E-state index contributed by atoms with van der Waals surface area (Å²) in [5.41, 5.74) is 1.51. The number of benzene rings is 1. The number of hydrogen-bond donors (Lipinski definition) is 2. The standard InChI is InChI=1S/C19H26FN5O.HI/c1-3-21-19(22-11-18(26)16-6-4-5-7-17(16)20)25-9-8-14(13-25)15-10-23-24(2)12-15;/h4-7,10,12,14,18,26H,3,8-9,11,13H2,1-2H3,(H,21,22);1H. The summed E-state index contributed by atoms with van der Waals surface area (Å²) in [6.45, 7) is 4.62. The summed E-state index contributed by atoms with van der Waals surface area (Å²) in [6.07, 6.45) is 4.05. The second-order valence-corrected chi connectivity index (χ2v) is 6.61. The van der Waals surface area contributed by atoms with Gasteiger partial charge < -0.3 is 15.3 Å². The number of nitrogens with zero attached hydrogens (tertiary/aromatic N) is 4. The number of nitrogens with one attached hydrogen (secondary N) is 1. The van der Waals surface area contributed by atoms with E-state index in [1.807, 2.05) is 24.9 Å². The van der Waals surface area contributed by atoms with Gasteiger partial charge in [0.15, 0.2) is 5.96 Å². The minimum Gasteiger partial charge on any atom is -0.386 e. The molecule has 2 aromatic rings. The molecule has 2 heterocycles. The molecular formula is C19H27FIN5O. The van der Waals surface area contributed by atoms with Gasteiger partial charge in [-0.15, -0.1) is 24.0 Å². The summed E-state index contributed by atoms with van der Waals surface area (Å²) in [7, 11) is 1.92. The van der Waals surface area contributed by atoms with Crippen LogP contribution in [0.2, 0.25) is 0 Å². The van der Waals surface area contributed by atoms with E-state index in [2.05, 4.69) is 26.5 Å². The Morgan fingerprint density at radius 2 is 2.22 bits per heavy atom. The maximum Gasteiger partial charge on any atom is 0.194 e. The van der Waals surface area contributed by atoms with E-state index in [-0.39, 0.29) is 36.1 Å². The molecular weight excluding hydrogens is 460 g/mol. The number of aryl methyl sites for hydroxylation is 1. The first kappa shape index (κ1) is 21.6. The third kappa shape index (κ3) is 5.41. The maximum atomic E-state index is 13.8. The second kappa shape index (κ2) is 10.0. The SMILES string of the molecule is CCNC(=NCC(O)c1ccccc1F)N1CCC(c2cnn(C)c2)C1.I. The van der Waals surface area contributed by atoms with E-state index in [9.17, 15) is 9.50 Å². The number of hydrogen-bond acceptors (Lipinski definition) is 3. The molecule has 2 N–H and O–H groups in total. The zero-order valence-electron chi connectivity index (χ0n) is 15.7. The first-order chi connectivity index (χ1) is 12.6. The van der Waals surface area contributed by atoms with Gasteiger partial charge in [-0.2, -0.15) is 5.10 Å². The number of aromatic nitrogens is 2. The molecule has 1 aliphatic heterocycles. The molecule has 1 aromatic carbocycles. The number of rotatable bonds is 5. The minimum absolute atomic E-state index is 0. The molecule has 1 aromatic heterocycles. The van der Waals surface area contributed by atoms with E-state index in [4.69, 9.17) is 0 Å². The van der Waals surface area contributed by atoms with E-state index in [0.717, 1.165) is 32.0 Å². The van der Waals surface area contributed by atoms with Gasteiger partial charge >= 0.3 is 0 Å². The molecule has 0 spiro atoms. The predicted octanol–water partition coefficient (Wildman–Crippen LogP) is 2.67. The van der Waals surface area contributed by atoms with Crippen LogP contribution in [-0.4, -0.2) is 51.9 Å². The van der Waals surface area contributed by atoms with Gasteiger partial charge in [0.2, 0.25) is 0 Å². The summed E-state index contributed by atoms with van der Waals surface area (Å²) in [5, 5.41) is 17.8. The fourth-order valence-corrected chi connectivity index (χ4v) is 3.32. The third-order valence-corrected chi connectivity index (χ3v) is 4.70. The first-order valence-corrected chi connectivity index (χ1v) is 9.02. The maximum absolute atomic E-state index is 13.8. The van der Waals surface area contributed by atoms with Crippen molar-refractivity contribution < 1.29 is 9.50 Å². The molecule has 0 bridgehead atoms. The Balaban J connectivity index is 0.00000261. The van der Waals surface area contributed by atoms with Gasteiger partial charge in [0.1, 0.15) is 11.9 Å². The van der Waals surface area contributed by atoms with Crippen molar-refractivity contribution in [2.75, 3.05) is 26.2 Å². The van der Waals surface area contributed by atoms with Crippen LogP contribution in [0.4, 0.5) is 4.39 Å². The van der Waals surface area contributed by atoms with E-state index >= 15 is 0 Å². The van der Waals surface area contributed by atoms with Crippen LogP contribution in [0.3, 0.4) is 0 Å². The van der Waals surface area contributed by atoms with Gasteiger partial charge in [0.25, 0.3) is 0 Å². The van der Waals surface area contributed by atoms with Crippen LogP contribution in [-0.2, 0) is 7.05 Å². The van der Waals surface area contributed by atoms with Crippen LogP contribution in [0.1, 0.15) is 36.5 Å². The molecule has 0 aliphatic carbocycles. The Bertz CT molecular complexity index is 766. The van der Waals surface area contributed by atoms with E-state index in [1.54, 1.807) is 18.2 Å². The Morgan fingerprint density at radius 1 is 1.44 bits per heavy atom. The Labute approximate surface area is 176 Å². The Morgan fingerprint density at radius 3 is 2.89 bits per heavy atom. The van der Waals surface area contributed by atoms with Crippen LogP contribution in [0.15, 0.2) is 41.7 Å². The smallest absolute Gasteiger partial charge is 0.194 e. The zero-order valence-corrected chi connectivity index (χ0v) is 18.0. The van der Waals surface area contributed by atoms with Gasteiger partial charge in [-0.25, -0.2) is 4.39 Å². The highest BCUT2D eigenvalue weighted by molar-refractivity contribution is 14.0. The third-order valence-electron chi connectivity index (χ3n) is 4.70. The van der Waals surface area contributed by atoms with Crippen LogP contribution in [0.25, 0.3) is 0 Å². The molecule has 1 fully saturated rings. The lowest BCUT2D eigenvalue weighted by molar-refractivity contribution is 0.181. The Kier molecular flexibility index (Phi) is 8.03. The highest BCUT2D eigenvalue weighted by Crippen LogP contribution is 2.27. The summed E-state index contributed by atoms with van der Waals surface area (Å²) in [4.78, 5) is 6.73. The summed E-state index contributed by atoms with van der Waals surface area (Å²) < 4.78 is 15.6. The summed E-state index contributed by atoms with van der Waals surface area (Å²) >= 11 is 0. The van der Waals surface area contributed by atoms with Crippen molar-refractivity contribution in [1.29, 1.82) is 0 Å². The van der Waals surface area contributed by atoms with Gasteiger partial charge in [-0.1, -0.05) is 18.2 Å². The molecule has 1 aliphatic rings. The van der Waals surface area contributed by atoms with Crippen LogP contribution >= 0.6 is 24.0 Å². The van der Waals surface area contributed by atoms with Crippen molar-refractivity contribution in [1.82, 2.24) is 20.0 Å². The number of halogens is 2. The predicted molar refractivity (Wildman–Crippen MR) is 115 cm³/mol. The van der Waals surface area contributed by atoms with Crippen molar-refractivity contribution in [2.24, 2.45) is 12.0 Å². The minimum atomic E-state index is -0.957. The Hall–Kier alpha value is -1.68. The quantitative estimate of drug-likeness (QED) is 0.387. The number of aliphatic hydroxyl groups is 1. The van der Waals surface area contributed by atoms with Crippen molar-refractivity contribution in [3.05, 3.63) is 53.6 Å². The van der Waals surface area contributed by atoms with Crippen molar-refractivity contribution in [3.63, 3.8) is 0 Å². The summed E-state index contributed by atoms with van der Waals surface area (Å²) in [5.74, 6) is 0.774. The zero-order chi connectivity index (χ0) is 18.5. The van der Waals surface area contributed by atoms with Gasteiger partial charge in [0.05, 0.1) is 12.7 Å². The van der Waals surface area contributed by atoms with E-state index in [1.165, 1.54) is 11.6 Å². The highest BCUT2D eigenvalue weighted by Gasteiger charge is 2.27. The van der Waals surface area contributed by atoms with E-state index in [0.29, 0.717) is 5.92 Å². The number of aliphatic imine (C=N–C) groups is 1. The van der Waals surface area contributed by atoms with Gasteiger partial charge in [-0.3, -0.25) is 9.67 Å². The molecule has 148 valence electrons. The van der Waals surface area contributed by atoms with Crippen molar-refractivity contribution in [2.45, 2.75) is 25.4 Å². The number of likely N-dealkylation sites (tertiary alicyclic amines) is 1. The molecule has 27 heavy (non-hydrogen) atoms. The molecule has 2 unspecified atom stereocenters. The summed E-state index contributed by atoms with van der Waals surface area (Å²) in [6, 6.07) is 6.28. The van der Waals surface area contributed by atoms with E-state index < -0.39 is 11.9 Å². The lowest BCUT2D eigenvalue weighted by atomic mass is 10.0. The lowest BCUT2D eigenvalue weighted by Gasteiger charge is -2.22. The molecule has 0 saturated carbocycles. The molecule has 0 amide bonds. The number of guanidine groups is 1. The van der Waals surface area contributed by atoms with Crippen LogP contribution < -0.4 is 5.32 Å². The normalized spacial score (nSPS) is 18.3. The highest BCUT2D eigenvalue weighted by atomic mass is 127. The van der Waals surface area contributed by atoms with Gasteiger partial charge in [0, 0.05) is 44.4 Å². The fourth-order valence-electron chi connectivity index (χ4n) is 3.32. The van der Waals surface area contributed by atoms with Crippen molar-refractivity contribution >= 4 is 29.9 Å². The van der Waals surface area contributed by atoms with Crippen LogP contribution in [0.5, 0.6) is 0 Å². The lowest BCUT2D eigenvalue weighted by Crippen LogP contribution is -2.40. The topological polar surface area (TPSA) is 65.7 Å². The average molecular weight is 487 g/mol. The molecule has 1 saturated heterocycles. The molecule has 3 rings (SSSR count).